The molecule has 1 aromatic carbocycles. The minimum absolute atomic E-state index is 0.758. The smallest absolute Gasteiger partial charge is 0.188 e. The van der Waals surface area contributed by atoms with E-state index < -0.39 is 0 Å². The highest BCUT2D eigenvalue weighted by molar-refractivity contribution is 7.98. The third kappa shape index (κ3) is 2.58. The summed E-state index contributed by atoms with van der Waals surface area (Å²) in [6.07, 6.45) is 3.57. The zero-order valence-corrected chi connectivity index (χ0v) is 11.9. The maximum absolute atomic E-state index is 5.98. The lowest BCUT2D eigenvalue weighted by molar-refractivity contribution is 0.932. The van der Waals surface area contributed by atoms with Crippen LogP contribution in [0, 0.1) is 6.92 Å². The van der Waals surface area contributed by atoms with Crippen molar-refractivity contribution in [3.8, 4) is 0 Å². The summed E-state index contributed by atoms with van der Waals surface area (Å²) in [7, 11) is 0. The van der Waals surface area contributed by atoms with Crippen molar-refractivity contribution in [1.82, 2.24) is 15.0 Å². The van der Waals surface area contributed by atoms with E-state index in [-0.39, 0.29) is 0 Å². The van der Waals surface area contributed by atoms with E-state index in [2.05, 4.69) is 15.0 Å². The Morgan fingerprint density at radius 1 is 1.10 bits per heavy atom. The van der Waals surface area contributed by atoms with Crippen LogP contribution in [0.1, 0.15) is 11.3 Å². The predicted octanol–water partition coefficient (Wildman–Crippen LogP) is 3.21. The first kappa shape index (κ1) is 12.9. The topological polar surface area (TPSA) is 64.7 Å². The summed E-state index contributed by atoms with van der Waals surface area (Å²) < 4.78 is 0. The van der Waals surface area contributed by atoms with Gasteiger partial charge < -0.3 is 5.73 Å². The highest BCUT2D eigenvalue weighted by Crippen LogP contribution is 2.27. The maximum atomic E-state index is 5.98. The van der Waals surface area contributed by atoms with E-state index in [0.717, 1.165) is 38.8 Å². The van der Waals surface area contributed by atoms with Gasteiger partial charge in [0.1, 0.15) is 0 Å². The number of nitrogens with zero attached hydrogens (tertiary/aromatic N) is 3. The first-order chi connectivity index (χ1) is 9.74. The Morgan fingerprint density at radius 3 is 2.85 bits per heavy atom. The number of anilines is 1. The normalized spacial score (nSPS) is 10.8. The van der Waals surface area contributed by atoms with Gasteiger partial charge >= 0.3 is 0 Å². The Morgan fingerprint density at radius 2 is 2.00 bits per heavy atom. The van der Waals surface area contributed by atoms with Gasteiger partial charge in [0.2, 0.25) is 0 Å². The van der Waals surface area contributed by atoms with E-state index in [0.29, 0.717) is 0 Å². The third-order valence-electron chi connectivity index (χ3n) is 3.02. The molecule has 3 rings (SSSR count). The van der Waals surface area contributed by atoms with Gasteiger partial charge in [0, 0.05) is 34.9 Å². The summed E-state index contributed by atoms with van der Waals surface area (Å²) in [5.74, 6) is 0.775. The fourth-order valence-electron chi connectivity index (χ4n) is 2.01. The molecule has 0 saturated carbocycles. The van der Waals surface area contributed by atoms with Gasteiger partial charge in [-0.25, -0.2) is 9.97 Å². The lowest BCUT2D eigenvalue weighted by Crippen LogP contribution is -1.94. The van der Waals surface area contributed by atoms with Crippen LogP contribution in [-0.4, -0.2) is 15.0 Å². The number of rotatable bonds is 3. The van der Waals surface area contributed by atoms with Crippen molar-refractivity contribution in [2.24, 2.45) is 0 Å². The number of aryl methyl sites for hydroxylation is 1. The molecule has 0 fully saturated rings. The highest BCUT2D eigenvalue weighted by Gasteiger charge is 2.06. The molecule has 100 valence electrons. The van der Waals surface area contributed by atoms with Crippen molar-refractivity contribution in [2.75, 3.05) is 5.73 Å². The highest BCUT2D eigenvalue weighted by atomic mass is 32.2. The largest absolute Gasteiger partial charge is 0.398 e. The molecule has 2 N–H and O–H groups in total. The number of pyridine rings is 1. The van der Waals surface area contributed by atoms with Crippen molar-refractivity contribution in [3.63, 3.8) is 0 Å². The number of nitrogen functional groups attached to an aromatic ring is 1. The zero-order valence-electron chi connectivity index (χ0n) is 11.1. The van der Waals surface area contributed by atoms with Gasteiger partial charge in [-0.05, 0) is 36.8 Å². The minimum Gasteiger partial charge on any atom is -0.398 e. The minimum atomic E-state index is 0.758. The molecule has 0 aliphatic heterocycles. The summed E-state index contributed by atoms with van der Waals surface area (Å²) in [5.41, 5.74) is 9.81. The number of fused-ring (bicyclic) bond motifs is 1. The van der Waals surface area contributed by atoms with Crippen LogP contribution in [-0.2, 0) is 5.75 Å². The maximum Gasteiger partial charge on any atom is 0.188 e. The zero-order chi connectivity index (χ0) is 13.9. The van der Waals surface area contributed by atoms with E-state index in [1.165, 1.54) is 0 Å². The van der Waals surface area contributed by atoms with Crippen LogP contribution < -0.4 is 5.73 Å². The molecule has 0 saturated heterocycles. The van der Waals surface area contributed by atoms with Gasteiger partial charge in [0.25, 0.3) is 0 Å². The van der Waals surface area contributed by atoms with Crippen molar-refractivity contribution in [2.45, 2.75) is 17.8 Å². The first-order valence-corrected chi connectivity index (χ1v) is 7.27. The van der Waals surface area contributed by atoms with Crippen molar-refractivity contribution in [3.05, 3.63) is 54.0 Å². The van der Waals surface area contributed by atoms with E-state index in [1.807, 2.05) is 37.3 Å². The molecule has 0 atom stereocenters. The lowest BCUT2D eigenvalue weighted by Gasteiger charge is -2.07. The molecule has 0 radical (unpaired) electrons. The fourth-order valence-corrected chi connectivity index (χ4v) is 2.87. The van der Waals surface area contributed by atoms with Gasteiger partial charge in [-0.1, -0.05) is 17.8 Å². The van der Waals surface area contributed by atoms with Gasteiger partial charge in [0.05, 0.1) is 5.52 Å². The first-order valence-electron chi connectivity index (χ1n) is 6.28. The average Bonchev–Trinajstić information content (AvgIpc) is 2.47. The van der Waals surface area contributed by atoms with Gasteiger partial charge in [-0.2, -0.15) is 0 Å². The fraction of sp³-hybridized carbons (Fsp3) is 0.133. The lowest BCUT2D eigenvalue weighted by atomic mass is 10.1. The van der Waals surface area contributed by atoms with Crippen LogP contribution in [0.15, 0.2) is 47.9 Å². The Kier molecular flexibility index (Phi) is 3.52. The molecule has 4 nitrogen and oxygen atoms in total. The molecule has 0 amide bonds. The molecule has 0 aliphatic carbocycles. The molecular formula is C15H14N4S. The molecule has 0 bridgehead atoms. The van der Waals surface area contributed by atoms with Gasteiger partial charge in [0.15, 0.2) is 5.16 Å². The molecular weight excluding hydrogens is 268 g/mol. The van der Waals surface area contributed by atoms with Gasteiger partial charge in [-0.15, -0.1) is 0 Å². The molecule has 0 spiro atoms. The monoisotopic (exact) mass is 282 g/mol. The van der Waals surface area contributed by atoms with Crippen molar-refractivity contribution >= 4 is 28.4 Å². The predicted molar refractivity (Wildman–Crippen MR) is 82.5 cm³/mol. The van der Waals surface area contributed by atoms with Gasteiger partial charge in [-0.3, -0.25) is 4.98 Å². The van der Waals surface area contributed by atoms with E-state index in [4.69, 9.17) is 5.73 Å². The second-order valence-corrected chi connectivity index (χ2v) is 5.43. The summed E-state index contributed by atoms with van der Waals surface area (Å²) in [6, 6.07) is 9.74. The molecule has 0 unspecified atom stereocenters. The van der Waals surface area contributed by atoms with E-state index in [9.17, 15) is 0 Å². The number of nitrogens with two attached hydrogens (primary N) is 1. The third-order valence-corrected chi connectivity index (χ3v) is 3.93. The summed E-state index contributed by atoms with van der Waals surface area (Å²) in [4.78, 5) is 13.1. The molecule has 5 heteroatoms. The average molecular weight is 282 g/mol. The standard InChI is InChI=1S/C15H14N4S/c1-10-6-8-18-15(19-10)20-9-11-4-5-13(16)12-3-2-7-17-14(11)12/h2-8H,9,16H2,1H3. The Bertz CT molecular complexity index is 758. The van der Waals surface area contributed by atoms with Crippen LogP contribution in [0.5, 0.6) is 0 Å². The molecule has 0 aliphatic rings. The summed E-state index contributed by atoms with van der Waals surface area (Å²) in [6.45, 7) is 1.96. The van der Waals surface area contributed by atoms with E-state index in [1.54, 1.807) is 24.2 Å². The quantitative estimate of drug-likeness (QED) is 0.454. The second kappa shape index (κ2) is 5.46. The molecule has 20 heavy (non-hydrogen) atoms. The molecule has 2 heterocycles. The number of hydrogen-bond acceptors (Lipinski definition) is 5. The van der Waals surface area contributed by atoms with Crippen molar-refractivity contribution in [1.29, 1.82) is 0 Å². The molecule has 2 aromatic heterocycles. The Hall–Kier alpha value is -2.14. The number of thioether (sulfide) groups is 1. The Balaban J connectivity index is 1.90. The summed E-state index contributed by atoms with van der Waals surface area (Å²) in [5, 5.41) is 1.78. The van der Waals surface area contributed by atoms with Crippen LogP contribution in [0.4, 0.5) is 5.69 Å². The SMILES string of the molecule is Cc1ccnc(SCc2ccc(N)c3cccnc23)n1. The number of aromatic nitrogens is 3. The van der Waals surface area contributed by atoms with Crippen LogP contribution in [0.2, 0.25) is 0 Å². The molecule has 3 aromatic rings. The summed E-state index contributed by atoms with van der Waals surface area (Å²) >= 11 is 1.61. The van der Waals surface area contributed by atoms with Crippen LogP contribution in [0.25, 0.3) is 10.9 Å². The van der Waals surface area contributed by atoms with E-state index >= 15 is 0 Å². The van der Waals surface area contributed by atoms with Crippen molar-refractivity contribution < 1.29 is 0 Å². The van der Waals surface area contributed by atoms with Crippen LogP contribution >= 0.6 is 11.8 Å². The number of hydrogen-bond donors (Lipinski definition) is 1. The second-order valence-electron chi connectivity index (χ2n) is 4.48. The van der Waals surface area contributed by atoms with Crippen LogP contribution in [0.3, 0.4) is 0 Å². The Labute approximate surface area is 121 Å². The number of benzene rings is 1.